The van der Waals surface area contributed by atoms with E-state index in [0.717, 1.165) is 22.7 Å². The monoisotopic (exact) mass is 207 g/mol. The molecular formula is C10H13N3S. The maximum atomic E-state index is 8.95. The predicted octanol–water partition coefficient (Wildman–Crippen LogP) is 2.05. The smallest absolute Gasteiger partial charge is 0.103 e. The summed E-state index contributed by atoms with van der Waals surface area (Å²) < 4.78 is 2.04. The van der Waals surface area contributed by atoms with Crippen molar-refractivity contribution in [3.05, 3.63) is 17.0 Å². The Bertz CT molecular complexity index is 383. The molecule has 0 bridgehead atoms. The normalized spacial score (nSPS) is 21.1. The average molecular weight is 207 g/mol. The zero-order valence-corrected chi connectivity index (χ0v) is 9.27. The van der Waals surface area contributed by atoms with Gasteiger partial charge in [-0.25, -0.2) is 0 Å². The highest BCUT2D eigenvalue weighted by molar-refractivity contribution is 7.99. The number of nitrogens with zero attached hydrogens (tertiary/aromatic N) is 3. The van der Waals surface area contributed by atoms with Gasteiger partial charge in [0.1, 0.15) is 6.07 Å². The number of aromatic nitrogens is 2. The molecule has 14 heavy (non-hydrogen) atoms. The first-order valence-electron chi connectivity index (χ1n) is 4.77. The number of aryl methyl sites for hydroxylation is 1. The fraction of sp³-hybridized carbons (Fsp3) is 0.600. The summed E-state index contributed by atoms with van der Waals surface area (Å²) in [6.07, 6.45) is 1.18. The first kappa shape index (κ1) is 9.60. The van der Waals surface area contributed by atoms with E-state index in [1.807, 2.05) is 30.3 Å². The van der Waals surface area contributed by atoms with Crippen LogP contribution < -0.4 is 0 Å². The molecule has 1 aromatic heterocycles. The van der Waals surface area contributed by atoms with E-state index in [2.05, 4.69) is 11.2 Å². The molecule has 0 N–H and O–H groups in total. The van der Waals surface area contributed by atoms with Gasteiger partial charge in [0.15, 0.2) is 0 Å². The summed E-state index contributed by atoms with van der Waals surface area (Å²) in [5, 5.41) is 13.4. The van der Waals surface area contributed by atoms with Crippen molar-refractivity contribution in [3.8, 4) is 6.07 Å². The molecule has 0 radical (unpaired) electrons. The molecule has 74 valence electrons. The van der Waals surface area contributed by atoms with E-state index < -0.39 is 0 Å². The van der Waals surface area contributed by atoms with Crippen molar-refractivity contribution in [2.45, 2.75) is 26.3 Å². The van der Waals surface area contributed by atoms with E-state index in [0.29, 0.717) is 6.04 Å². The Morgan fingerprint density at radius 1 is 1.57 bits per heavy atom. The van der Waals surface area contributed by atoms with Gasteiger partial charge in [-0.05, 0) is 26.0 Å². The predicted molar refractivity (Wildman–Crippen MR) is 57.4 cm³/mol. The van der Waals surface area contributed by atoms with Gasteiger partial charge in [0.25, 0.3) is 0 Å². The van der Waals surface area contributed by atoms with E-state index in [1.54, 1.807) is 0 Å². The van der Waals surface area contributed by atoms with Crippen molar-refractivity contribution in [1.29, 1.82) is 5.26 Å². The van der Waals surface area contributed by atoms with Crippen molar-refractivity contribution in [2.24, 2.45) is 0 Å². The summed E-state index contributed by atoms with van der Waals surface area (Å²) in [5.74, 6) is 2.34. The Kier molecular flexibility index (Phi) is 2.51. The molecule has 1 aromatic rings. The average Bonchev–Trinajstić information content (AvgIpc) is 2.74. The molecule has 1 fully saturated rings. The van der Waals surface area contributed by atoms with Crippen LogP contribution in [-0.2, 0) is 0 Å². The second kappa shape index (κ2) is 3.66. The Morgan fingerprint density at radius 3 is 2.86 bits per heavy atom. The molecule has 3 nitrogen and oxygen atoms in total. The second-order valence-corrected chi connectivity index (χ2v) is 4.77. The van der Waals surface area contributed by atoms with Crippen molar-refractivity contribution >= 4 is 11.8 Å². The van der Waals surface area contributed by atoms with Crippen LogP contribution in [0.25, 0.3) is 0 Å². The number of thioether (sulfide) groups is 1. The summed E-state index contributed by atoms with van der Waals surface area (Å²) in [5.41, 5.74) is 2.64. The van der Waals surface area contributed by atoms with Gasteiger partial charge in [0.2, 0.25) is 0 Å². The van der Waals surface area contributed by atoms with E-state index >= 15 is 0 Å². The Morgan fingerprint density at radius 2 is 2.36 bits per heavy atom. The van der Waals surface area contributed by atoms with Gasteiger partial charge in [-0.15, -0.1) is 0 Å². The SMILES string of the molecule is Cc1nn(C2CCSC2)c(C)c1C#N. The summed E-state index contributed by atoms with van der Waals surface area (Å²) in [6.45, 7) is 3.89. The van der Waals surface area contributed by atoms with Gasteiger partial charge >= 0.3 is 0 Å². The maximum absolute atomic E-state index is 8.95. The molecule has 1 atom stereocenters. The molecular weight excluding hydrogens is 194 g/mol. The van der Waals surface area contributed by atoms with Crippen LogP contribution in [0.5, 0.6) is 0 Å². The van der Waals surface area contributed by atoms with Crippen LogP contribution in [0.2, 0.25) is 0 Å². The topological polar surface area (TPSA) is 41.6 Å². The number of nitriles is 1. The van der Waals surface area contributed by atoms with Crippen LogP contribution in [0.3, 0.4) is 0 Å². The third-order valence-electron chi connectivity index (χ3n) is 2.69. The Hall–Kier alpha value is -0.950. The lowest BCUT2D eigenvalue weighted by Crippen LogP contribution is -2.11. The molecule has 1 aliphatic heterocycles. The third-order valence-corrected chi connectivity index (χ3v) is 3.83. The lowest BCUT2D eigenvalue weighted by Gasteiger charge is -2.10. The van der Waals surface area contributed by atoms with Gasteiger partial charge in [0.05, 0.1) is 23.0 Å². The molecule has 2 rings (SSSR count). The lowest BCUT2D eigenvalue weighted by molar-refractivity contribution is 0.488. The van der Waals surface area contributed by atoms with Crippen LogP contribution in [0.1, 0.15) is 29.4 Å². The van der Waals surface area contributed by atoms with Gasteiger partial charge in [-0.2, -0.15) is 22.1 Å². The highest BCUT2D eigenvalue weighted by Crippen LogP contribution is 2.29. The zero-order valence-electron chi connectivity index (χ0n) is 8.45. The molecule has 0 spiro atoms. The Labute approximate surface area is 88.1 Å². The van der Waals surface area contributed by atoms with Crippen LogP contribution in [-0.4, -0.2) is 21.3 Å². The van der Waals surface area contributed by atoms with Crippen molar-refractivity contribution in [3.63, 3.8) is 0 Å². The number of rotatable bonds is 1. The second-order valence-electron chi connectivity index (χ2n) is 3.62. The van der Waals surface area contributed by atoms with Crippen LogP contribution >= 0.6 is 11.8 Å². The highest BCUT2D eigenvalue weighted by Gasteiger charge is 2.22. The van der Waals surface area contributed by atoms with Gasteiger partial charge < -0.3 is 0 Å². The molecule has 1 unspecified atom stereocenters. The quantitative estimate of drug-likeness (QED) is 0.707. The molecule has 1 saturated heterocycles. The number of hydrogen-bond donors (Lipinski definition) is 0. The minimum atomic E-state index is 0.501. The van der Waals surface area contributed by atoms with Gasteiger partial charge in [0, 0.05) is 5.75 Å². The van der Waals surface area contributed by atoms with Crippen LogP contribution in [0.15, 0.2) is 0 Å². The molecule has 0 aliphatic carbocycles. The highest BCUT2D eigenvalue weighted by atomic mass is 32.2. The van der Waals surface area contributed by atoms with E-state index in [4.69, 9.17) is 5.26 Å². The minimum Gasteiger partial charge on any atom is -0.264 e. The maximum Gasteiger partial charge on any atom is 0.103 e. The fourth-order valence-corrected chi connectivity index (χ4v) is 3.08. The molecule has 0 saturated carbocycles. The first-order chi connectivity index (χ1) is 6.74. The van der Waals surface area contributed by atoms with Crippen molar-refractivity contribution < 1.29 is 0 Å². The summed E-state index contributed by atoms with van der Waals surface area (Å²) in [6, 6.07) is 2.72. The minimum absolute atomic E-state index is 0.501. The third kappa shape index (κ3) is 1.42. The van der Waals surface area contributed by atoms with Gasteiger partial charge in [-0.3, -0.25) is 4.68 Å². The zero-order chi connectivity index (χ0) is 10.1. The molecule has 0 aromatic carbocycles. The standard InChI is InChI=1S/C10H13N3S/c1-7-10(5-11)8(2)13(12-7)9-3-4-14-6-9/h9H,3-4,6H2,1-2H3. The van der Waals surface area contributed by atoms with E-state index in [-0.39, 0.29) is 0 Å². The molecule has 1 aliphatic rings. The van der Waals surface area contributed by atoms with Crippen LogP contribution in [0, 0.1) is 25.2 Å². The van der Waals surface area contributed by atoms with Gasteiger partial charge in [-0.1, -0.05) is 0 Å². The Balaban J connectivity index is 2.39. The lowest BCUT2D eigenvalue weighted by atomic mass is 10.2. The van der Waals surface area contributed by atoms with E-state index in [1.165, 1.54) is 12.2 Å². The van der Waals surface area contributed by atoms with Crippen LogP contribution in [0.4, 0.5) is 0 Å². The number of hydrogen-bond acceptors (Lipinski definition) is 3. The largest absolute Gasteiger partial charge is 0.264 e. The van der Waals surface area contributed by atoms with E-state index in [9.17, 15) is 0 Å². The molecule has 0 amide bonds. The summed E-state index contributed by atoms with van der Waals surface area (Å²) in [4.78, 5) is 0. The summed E-state index contributed by atoms with van der Waals surface area (Å²) >= 11 is 1.96. The summed E-state index contributed by atoms with van der Waals surface area (Å²) in [7, 11) is 0. The molecule has 2 heterocycles. The van der Waals surface area contributed by atoms with Crippen molar-refractivity contribution in [1.82, 2.24) is 9.78 Å². The molecule has 4 heteroatoms. The van der Waals surface area contributed by atoms with Crippen molar-refractivity contribution in [2.75, 3.05) is 11.5 Å². The first-order valence-corrected chi connectivity index (χ1v) is 5.93. The fourth-order valence-electron chi connectivity index (χ4n) is 1.90.